The summed E-state index contributed by atoms with van der Waals surface area (Å²) in [6.45, 7) is 1.97. The SMILES string of the molecule is Cc1nc(N[C@@H]2C[C@H]3CC[C@@H]2C3)c2cc(-c3ccccc3Cl)ccc2n1. The largest absolute Gasteiger partial charge is 0.366 e. The highest BCUT2D eigenvalue weighted by Crippen LogP contribution is 2.46. The molecule has 26 heavy (non-hydrogen) atoms. The van der Waals surface area contributed by atoms with Crippen molar-refractivity contribution in [3.8, 4) is 11.1 Å². The Morgan fingerprint density at radius 2 is 1.92 bits per heavy atom. The minimum atomic E-state index is 0.551. The Kier molecular flexibility index (Phi) is 3.86. The third kappa shape index (κ3) is 2.75. The molecule has 4 heteroatoms. The molecular weight excluding hydrogens is 342 g/mol. The summed E-state index contributed by atoms with van der Waals surface area (Å²) in [4.78, 5) is 9.38. The maximum atomic E-state index is 6.41. The van der Waals surface area contributed by atoms with Crippen LogP contribution in [0.25, 0.3) is 22.0 Å². The number of aromatic nitrogens is 2. The van der Waals surface area contributed by atoms with Crippen LogP contribution in [-0.4, -0.2) is 16.0 Å². The molecule has 0 aliphatic heterocycles. The van der Waals surface area contributed by atoms with Crippen molar-refractivity contribution >= 4 is 28.3 Å². The Balaban J connectivity index is 1.58. The second-order valence-corrected chi connectivity index (χ2v) is 8.16. The fraction of sp³-hybridized carbons (Fsp3) is 0.364. The number of aryl methyl sites for hydroxylation is 1. The fourth-order valence-electron chi connectivity index (χ4n) is 4.81. The Labute approximate surface area is 158 Å². The van der Waals surface area contributed by atoms with Crippen LogP contribution >= 0.6 is 11.6 Å². The zero-order valence-corrected chi connectivity index (χ0v) is 15.6. The summed E-state index contributed by atoms with van der Waals surface area (Å²) in [7, 11) is 0. The molecule has 132 valence electrons. The lowest BCUT2D eigenvalue weighted by atomic mass is 9.95. The molecule has 2 bridgehead atoms. The van der Waals surface area contributed by atoms with Gasteiger partial charge in [0.2, 0.25) is 0 Å². The Morgan fingerprint density at radius 3 is 2.69 bits per heavy atom. The van der Waals surface area contributed by atoms with Crippen LogP contribution < -0.4 is 5.32 Å². The quantitative estimate of drug-likeness (QED) is 0.633. The van der Waals surface area contributed by atoms with E-state index in [4.69, 9.17) is 16.6 Å². The van der Waals surface area contributed by atoms with E-state index in [1.807, 2.05) is 25.1 Å². The Hall–Kier alpha value is -2.13. The van der Waals surface area contributed by atoms with Crippen molar-refractivity contribution in [2.24, 2.45) is 11.8 Å². The van der Waals surface area contributed by atoms with Crippen LogP contribution in [0.2, 0.25) is 5.02 Å². The average molecular weight is 364 g/mol. The van der Waals surface area contributed by atoms with Gasteiger partial charge in [0.25, 0.3) is 0 Å². The summed E-state index contributed by atoms with van der Waals surface area (Å²) in [5, 5.41) is 5.61. The summed E-state index contributed by atoms with van der Waals surface area (Å²) < 4.78 is 0. The number of benzene rings is 2. The molecule has 0 spiro atoms. The first-order valence-electron chi connectivity index (χ1n) is 9.47. The molecule has 3 atom stereocenters. The predicted octanol–water partition coefficient (Wildman–Crippen LogP) is 5.86. The van der Waals surface area contributed by atoms with Gasteiger partial charge in [0.15, 0.2) is 0 Å². The number of hydrogen-bond acceptors (Lipinski definition) is 3. The lowest BCUT2D eigenvalue weighted by molar-refractivity contribution is 0.439. The van der Waals surface area contributed by atoms with Crippen molar-refractivity contribution in [2.75, 3.05) is 5.32 Å². The van der Waals surface area contributed by atoms with Gasteiger partial charge in [-0.05, 0) is 61.8 Å². The van der Waals surface area contributed by atoms with Crippen molar-refractivity contribution in [2.45, 2.75) is 38.6 Å². The molecule has 2 fully saturated rings. The van der Waals surface area contributed by atoms with Gasteiger partial charge in [0.05, 0.1) is 5.52 Å². The van der Waals surface area contributed by atoms with Crippen molar-refractivity contribution in [1.82, 2.24) is 9.97 Å². The maximum Gasteiger partial charge on any atom is 0.137 e. The molecule has 3 nitrogen and oxygen atoms in total. The van der Waals surface area contributed by atoms with E-state index in [0.29, 0.717) is 6.04 Å². The van der Waals surface area contributed by atoms with E-state index in [2.05, 4.69) is 34.6 Å². The van der Waals surface area contributed by atoms with Crippen LogP contribution in [0.5, 0.6) is 0 Å². The van der Waals surface area contributed by atoms with Crippen molar-refractivity contribution < 1.29 is 0 Å². The molecule has 5 rings (SSSR count). The number of halogens is 1. The second kappa shape index (κ2) is 6.24. The van der Waals surface area contributed by atoms with E-state index in [1.54, 1.807) is 0 Å². The molecule has 2 aromatic carbocycles. The Morgan fingerprint density at radius 1 is 1.04 bits per heavy atom. The molecule has 3 aromatic rings. The molecular formula is C22H22ClN3. The van der Waals surface area contributed by atoms with Gasteiger partial charge in [0, 0.05) is 22.0 Å². The third-order valence-electron chi connectivity index (χ3n) is 6.05. The second-order valence-electron chi connectivity index (χ2n) is 7.76. The summed E-state index contributed by atoms with van der Waals surface area (Å²) in [6, 6.07) is 14.9. The first-order valence-corrected chi connectivity index (χ1v) is 9.85. The molecule has 2 aliphatic rings. The van der Waals surface area contributed by atoms with Gasteiger partial charge in [-0.3, -0.25) is 0 Å². The van der Waals surface area contributed by atoms with Gasteiger partial charge in [-0.1, -0.05) is 42.3 Å². The number of hydrogen-bond donors (Lipinski definition) is 1. The zero-order valence-electron chi connectivity index (χ0n) is 14.9. The van der Waals surface area contributed by atoms with Crippen LogP contribution in [0.1, 0.15) is 31.5 Å². The summed E-state index contributed by atoms with van der Waals surface area (Å²) in [5.74, 6) is 3.50. The lowest BCUT2D eigenvalue weighted by Gasteiger charge is -2.24. The zero-order chi connectivity index (χ0) is 17.7. The van der Waals surface area contributed by atoms with E-state index in [0.717, 1.165) is 50.5 Å². The molecule has 2 aliphatic carbocycles. The first-order chi connectivity index (χ1) is 12.7. The molecule has 0 radical (unpaired) electrons. The highest BCUT2D eigenvalue weighted by atomic mass is 35.5. The molecule has 1 aromatic heterocycles. The van der Waals surface area contributed by atoms with Gasteiger partial charge < -0.3 is 5.32 Å². The van der Waals surface area contributed by atoms with Gasteiger partial charge in [-0.15, -0.1) is 0 Å². The van der Waals surface area contributed by atoms with Crippen LogP contribution in [0, 0.1) is 18.8 Å². The van der Waals surface area contributed by atoms with Gasteiger partial charge in [-0.2, -0.15) is 0 Å². The van der Waals surface area contributed by atoms with Crippen molar-refractivity contribution in [3.05, 3.63) is 53.3 Å². The molecule has 0 saturated heterocycles. The standard InChI is InChI=1S/C22H22ClN3/c1-13-24-20-9-8-15(17-4-2-3-5-19(17)23)12-18(20)22(25-13)26-21-11-14-6-7-16(21)10-14/h2-5,8-9,12,14,16,21H,6-7,10-11H2,1H3,(H,24,25,26)/t14-,16+,21+/m0/s1. The number of anilines is 1. The number of fused-ring (bicyclic) bond motifs is 3. The fourth-order valence-corrected chi connectivity index (χ4v) is 5.06. The predicted molar refractivity (Wildman–Crippen MR) is 108 cm³/mol. The topological polar surface area (TPSA) is 37.8 Å². The molecule has 1 N–H and O–H groups in total. The summed E-state index contributed by atoms with van der Waals surface area (Å²) in [6.07, 6.45) is 5.42. The summed E-state index contributed by atoms with van der Waals surface area (Å²) >= 11 is 6.41. The number of nitrogens with zero attached hydrogens (tertiary/aromatic N) is 2. The van der Waals surface area contributed by atoms with Gasteiger partial charge in [-0.25, -0.2) is 9.97 Å². The van der Waals surface area contributed by atoms with E-state index in [1.165, 1.54) is 25.7 Å². The minimum absolute atomic E-state index is 0.551. The van der Waals surface area contributed by atoms with E-state index in [9.17, 15) is 0 Å². The van der Waals surface area contributed by atoms with Gasteiger partial charge in [0.1, 0.15) is 11.6 Å². The molecule has 0 unspecified atom stereocenters. The van der Waals surface area contributed by atoms with Crippen molar-refractivity contribution in [1.29, 1.82) is 0 Å². The maximum absolute atomic E-state index is 6.41. The number of nitrogens with one attached hydrogen (secondary N) is 1. The van der Waals surface area contributed by atoms with Crippen LogP contribution in [0.15, 0.2) is 42.5 Å². The van der Waals surface area contributed by atoms with Crippen molar-refractivity contribution in [3.63, 3.8) is 0 Å². The third-order valence-corrected chi connectivity index (χ3v) is 6.38. The number of rotatable bonds is 3. The Bertz CT molecular complexity index is 984. The van der Waals surface area contributed by atoms with E-state index >= 15 is 0 Å². The minimum Gasteiger partial charge on any atom is -0.366 e. The molecule has 2 saturated carbocycles. The summed E-state index contributed by atoms with van der Waals surface area (Å²) in [5.41, 5.74) is 3.13. The highest BCUT2D eigenvalue weighted by molar-refractivity contribution is 6.33. The van der Waals surface area contributed by atoms with E-state index < -0.39 is 0 Å². The van der Waals surface area contributed by atoms with E-state index in [-0.39, 0.29) is 0 Å². The normalized spacial score (nSPS) is 24.3. The van der Waals surface area contributed by atoms with Crippen LogP contribution in [-0.2, 0) is 0 Å². The highest BCUT2D eigenvalue weighted by Gasteiger charge is 2.39. The lowest BCUT2D eigenvalue weighted by Crippen LogP contribution is -2.26. The van der Waals surface area contributed by atoms with Crippen LogP contribution in [0.3, 0.4) is 0 Å². The van der Waals surface area contributed by atoms with Crippen LogP contribution in [0.4, 0.5) is 5.82 Å². The van der Waals surface area contributed by atoms with Gasteiger partial charge >= 0.3 is 0 Å². The smallest absolute Gasteiger partial charge is 0.137 e. The molecule has 1 heterocycles. The average Bonchev–Trinajstić information content (AvgIpc) is 3.25. The monoisotopic (exact) mass is 363 g/mol. The molecule has 0 amide bonds. The first kappa shape index (κ1) is 16.1.